The van der Waals surface area contributed by atoms with E-state index in [1.165, 1.54) is 0 Å². The molecular formula is C19H24Cl2N2O3. The minimum atomic E-state index is -0.547. The number of rotatable bonds is 6. The molecule has 26 heavy (non-hydrogen) atoms. The first kappa shape index (κ1) is 20.6. The monoisotopic (exact) mass is 398 g/mol. The average Bonchev–Trinajstić information content (AvgIpc) is 3.07. The lowest BCUT2D eigenvalue weighted by Gasteiger charge is -2.11. The van der Waals surface area contributed by atoms with Crippen molar-refractivity contribution in [3.05, 3.63) is 39.9 Å². The van der Waals surface area contributed by atoms with E-state index < -0.39 is 6.09 Å². The maximum Gasteiger partial charge on any atom is 0.411 e. The lowest BCUT2D eigenvalue weighted by molar-refractivity contribution is -0.123. The maximum absolute atomic E-state index is 12.2. The van der Waals surface area contributed by atoms with Crippen LogP contribution in [0.2, 0.25) is 0 Å². The number of nitrogens with one attached hydrogen (secondary N) is 2. The molecule has 142 valence electrons. The van der Waals surface area contributed by atoms with Gasteiger partial charge in [0.1, 0.15) is 11.1 Å². The van der Waals surface area contributed by atoms with E-state index >= 15 is 0 Å². The molecule has 7 heteroatoms. The highest BCUT2D eigenvalue weighted by atomic mass is 35.5. The van der Waals surface area contributed by atoms with Crippen LogP contribution in [0, 0.1) is 31.1 Å². The SMILES string of the molecule is Cc1ccc(C)c(NC(=O)OCCNC(=O)C2C(C=C(Cl)Cl)C2(C)C)c1. The van der Waals surface area contributed by atoms with Crippen LogP contribution in [0.25, 0.3) is 0 Å². The van der Waals surface area contributed by atoms with Crippen molar-refractivity contribution in [1.82, 2.24) is 5.32 Å². The van der Waals surface area contributed by atoms with Crippen molar-refractivity contribution in [2.75, 3.05) is 18.5 Å². The quantitative estimate of drug-likeness (QED) is 0.690. The minimum Gasteiger partial charge on any atom is -0.447 e. The normalized spacial score (nSPS) is 20.1. The lowest BCUT2D eigenvalue weighted by atomic mass is 10.1. The van der Waals surface area contributed by atoms with Gasteiger partial charge in [-0.3, -0.25) is 10.1 Å². The molecule has 1 aliphatic rings. The Morgan fingerprint density at radius 2 is 1.96 bits per heavy atom. The van der Waals surface area contributed by atoms with Gasteiger partial charge in [0.05, 0.1) is 12.5 Å². The molecule has 5 nitrogen and oxygen atoms in total. The first-order chi connectivity index (χ1) is 12.1. The van der Waals surface area contributed by atoms with E-state index in [1.807, 2.05) is 45.9 Å². The first-order valence-electron chi connectivity index (χ1n) is 8.44. The van der Waals surface area contributed by atoms with Gasteiger partial charge in [-0.25, -0.2) is 4.79 Å². The number of aryl methyl sites for hydroxylation is 2. The first-order valence-corrected chi connectivity index (χ1v) is 9.20. The average molecular weight is 399 g/mol. The Kier molecular flexibility index (Phi) is 6.58. The number of amides is 2. The summed E-state index contributed by atoms with van der Waals surface area (Å²) in [5, 5.41) is 5.49. The number of benzene rings is 1. The van der Waals surface area contributed by atoms with Gasteiger partial charge < -0.3 is 10.1 Å². The van der Waals surface area contributed by atoms with Crippen LogP contribution in [0.3, 0.4) is 0 Å². The van der Waals surface area contributed by atoms with E-state index in [1.54, 1.807) is 6.08 Å². The van der Waals surface area contributed by atoms with Crippen LogP contribution in [0.15, 0.2) is 28.8 Å². The van der Waals surface area contributed by atoms with E-state index in [0.717, 1.165) is 11.1 Å². The third kappa shape index (κ3) is 5.15. The summed E-state index contributed by atoms with van der Waals surface area (Å²) >= 11 is 11.4. The summed E-state index contributed by atoms with van der Waals surface area (Å²) in [7, 11) is 0. The predicted octanol–water partition coefficient (Wildman–Crippen LogP) is 4.56. The molecule has 1 aromatic carbocycles. The molecule has 0 saturated heterocycles. The number of carbonyl (C=O) groups is 2. The van der Waals surface area contributed by atoms with E-state index in [2.05, 4.69) is 10.6 Å². The topological polar surface area (TPSA) is 67.4 Å². The van der Waals surface area contributed by atoms with Crippen molar-refractivity contribution in [2.24, 2.45) is 17.3 Å². The molecule has 2 N–H and O–H groups in total. The van der Waals surface area contributed by atoms with Gasteiger partial charge in [-0.2, -0.15) is 0 Å². The highest BCUT2D eigenvalue weighted by molar-refractivity contribution is 6.55. The van der Waals surface area contributed by atoms with Gasteiger partial charge in [-0.1, -0.05) is 49.2 Å². The van der Waals surface area contributed by atoms with Crippen LogP contribution in [0.4, 0.5) is 10.5 Å². The second-order valence-corrected chi connectivity index (χ2v) is 8.16. The lowest BCUT2D eigenvalue weighted by Crippen LogP contribution is -2.31. The largest absolute Gasteiger partial charge is 0.447 e. The molecule has 2 unspecified atom stereocenters. The molecule has 1 aromatic rings. The molecule has 1 saturated carbocycles. The zero-order valence-corrected chi connectivity index (χ0v) is 16.9. The molecule has 0 aliphatic heterocycles. The second kappa shape index (κ2) is 8.31. The van der Waals surface area contributed by atoms with Crippen LogP contribution in [0.1, 0.15) is 25.0 Å². The number of allylic oxidation sites excluding steroid dienone is 1. The summed E-state index contributed by atoms with van der Waals surface area (Å²) < 4.78 is 5.29. The van der Waals surface area contributed by atoms with E-state index in [9.17, 15) is 9.59 Å². The van der Waals surface area contributed by atoms with Gasteiger partial charge in [0.25, 0.3) is 0 Å². The molecule has 2 atom stereocenters. The smallest absolute Gasteiger partial charge is 0.411 e. The zero-order valence-electron chi connectivity index (χ0n) is 15.4. The van der Waals surface area contributed by atoms with Gasteiger partial charge >= 0.3 is 6.09 Å². The summed E-state index contributed by atoms with van der Waals surface area (Å²) in [6.45, 7) is 8.17. The second-order valence-electron chi connectivity index (χ2n) is 7.15. The molecule has 0 aromatic heterocycles. The molecular weight excluding hydrogens is 375 g/mol. The predicted molar refractivity (Wildman–Crippen MR) is 104 cm³/mol. The molecule has 0 heterocycles. The van der Waals surface area contributed by atoms with Crippen LogP contribution in [-0.4, -0.2) is 25.2 Å². The highest BCUT2D eigenvalue weighted by Crippen LogP contribution is 2.59. The van der Waals surface area contributed by atoms with Crippen molar-refractivity contribution in [3.8, 4) is 0 Å². The Bertz CT molecular complexity index is 727. The molecule has 0 spiro atoms. The van der Waals surface area contributed by atoms with Crippen molar-refractivity contribution < 1.29 is 14.3 Å². The maximum atomic E-state index is 12.2. The Morgan fingerprint density at radius 1 is 1.27 bits per heavy atom. The molecule has 1 aliphatic carbocycles. The van der Waals surface area contributed by atoms with Crippen molar-refractivity contribution in [1.29, 1.82) is 0 Å². The van der Waals surface area contributed by atoms with E-state index in [0.29, 0.717) is 5.69 Å². The summed E-state index contributed by atoms with van der Waals surface area (Å²) in [6.07, 6.45) is 1.15. The van der Waals surface area contributed by atoms with Crippen molar-refractivity contribution in [3.63, 3.8) is 0 Å². The molecule has 0 bridgehead atoms. The van der Waals surface area contributed by atoms with Gasteiger partial charge in [-0.15, -0.1) is 0 Å². The Labute approximate surface area is 164 Å². The van der Waals surface area contributed by atoms with Gasteiger partial charge in [0.15, 0.2) is 0 Å². The molecule has 1 fully saturated rings. The number of halogens is 2. The fourth-order valence-corrected chi connectivity index (χ4v) is 3.34. The summed E-state index contributed by atoms with van der Waals surface area (Å²) in [5.41, 5.74) is 2.53. The number of ether oxygens (including phenoxy) is 1. The number of anilines is 1. The zero-order chi connectivity index (χ0) is 19.5. The molecule has 2 rings (SSSR count). The van der Waals surface area contributed by atoms with Gasteiger partial charge in [0, 0.05) is 5.69 Å². The Morgan fingerprint density at radius 3 is 2.62 bits per heavy atom. The highest BCUT2D eigenvalue weighted by Gasteiger charge is 2.60. The third-order valence-corrected chi connectivity index (χ3v) is 5.01. The molecule has 0 radical (unpaired) electrons. The minimum absolute atomic E-state index is 0.0148. The summed E-state index contributed by atoms with van der Waals surface area (Å²) in [5.74, 6) is -0.260. The third-order valence-electron chi connectivity index (χ3n) is 4.76. The van der Waals surface area contributed by atoms with Gasteiger partial charge in [0.2, 0.25) is 5.91 Å². The van der Waals surface area contributed by atoms with Crippen molar-refractivity contribution >= 4 is 40.9 Å². The number of hydrogen-bond donors (Lipinski definition) is 2. The standard InChI is InChI=1S/C19H24Cl2N2O3/c1-11-5-6-12(2)14(9-11)23-18(25)26-8-7-22-17(24)16-13(10-15(20)21)19(16,3)4/h5-6,9-10,13,16H,7-8H2,1-4H3,(H,22,24)(H,23,25). The van der Waals surface area contributed by atoms with Crippen LogP contribution >= 0.6 is 23.2 Å². The van der Waals surface area contributed by atoms with E-state index in [-0.39, 0.29) is 40.8 Å². The van der Waals surface area contributed by atoms with Crippen LogP contribution < -0.4 is 10.6 Å². The van der Waals surface area contributed by atoms with Crippen LogP contribution in [0.5, 0.6) is 0 Å². The Hall–Kier alpha value is -1.72. The van der Waals surface area contributed by atoms with Crippen molar-refractivity contribution in [2.45, 2.75) is 27.7 Å². The van der Waals surface area contributed by atoms with E-state index in [4.69, 9.17) is 27.9 Å². The fraction of sp³-hybridized carbons (Fsp3) is 0.474. The summed E-state index contributed by atoms with van der Waals surface area (Å²) in [6, 6.07) is 5.78. The van der Waals surface area contributed by atoms with Crippen LogP contribution in [-0.2, 0) is 9.53 Å². The molecule has 2 amide bonds. The number of hydrogen-bond acceptors (Lipinski definition) is 3. The summed E-state index contributed by atoms with van der Waals surface area (Å²) in [4.78, 5) is 24.1. The fourth-order valence-electron chi connectivity index (χ4n) is 3.07. The Balaban J connectivity index is 1.73. The van der Waals surface area contributed by atoms with Gasteiger partial charge in [-0.05, 0) is 48.4 Å². The number of carbonyl (C=O) groups excluding carboxylic acids is 2.